The van der Waals surface area contributed by atoms with Crippen LogP contribution < -0.4 is 9.47 Å². The number of benzene rings is 3. The Hall–Kier alpha value is -2.31. The quantitative estimate of drug-likeness (QED) is 0.256. The molecule has 198 valence electrons. The lowest BCUT2D eigenvalue weighted by Crippen LogP contribution is -2.42. The van der Waals surface area contributed by atoms with Crippen LogP contribution in [-0.2, 0) is 16.3 Å². The van der Waals surface area contributed by atoms with E-state index in [-0.39, 0.29) is 11.3 Å². The summed E-state index contributed by atoms with van der Waals surface area (Å²) >= 11 is 3.64. The summed E-state index contributed by atoms with van der Waals surface area (Å²) in [5, 5.41) is -0.553. The Kier molecular flexibility index (Phi) is 8.70. The van der Waals surface area contributed by atoms with Crippen LogP contribution in [0, 0.1) is 5.41 Å². The third kappa shape index (κ3) is 5.46. The van der Waals surface area contributed by atoms with E-state index < -0.39 is 15.1 Å². The molecule has 3 unspecified atom stereocenters. The van der Waals surface area contributed by atoms with Gasteiger partial charge in [0, 0.05) is 12.0 Å². The third-order valence-electron chi connectivity index (χ3n) is 8.15. The van der Waals surface area contributed by atoms with Crippen molar-refractivity contribution in [1.29, 1.82) is 0 Å². The maximum atomic E-state index is 14.8. The predicted molar refractivity (Wildman–Crippen MR) is 154 cm³/mol. The Morgan fingerprint density at radius 1 is 0.973 bits per heavy atom. The molecular formula is C31H37BrO4S. The van der Waals surface area contributed by atoms with Crippen molar-refractivity contribution in [3.8, 4) is 11.5 Å². The molecule has 4 rings (SSSR count). The lowest BCUT2D eigenvalue weighted by molar-refractivity contribution is 0.199. The first-order valence-electron chi connectivity index (χ1n) is 13.1. The van der Waals surface area contributed by atoms with Gasteiger partial charge >= 0.3 is 0 Å². The fraction of sp³-hybridized carbons (Fsp3) is 0.419. The van der Waals surface area contributed by atoms with E-state index in [0.29, 0.717) is 17.1 Å². The molecule has 3 aromatic carbocycles. The van der Waals surface area contributed by atoms with Crippen LogP contribution in [0.3, 0.4) is 0 Å². The Bertz CT molecular complexity index is 1310. The second-order valence-corrected chi connectivity index (χ2v) is 13.1. The molecule has 0 aromatic heterocycles. The van der Waals surface area contributed by atoms with Crippen LogP contribution in [0.2, 0.25) is 0 Å². The lowest BCUT2D eigenvalue weighted by Gasteiger charge is -2.40. The highest BCUT2D eigenvalue weighted by Gasteiger charge is 2.50. The summed E-state index contributed by atoms with van der Waals surface area (Å²) < 4.78 is 41.2. The van der Waals surface area contributed by atoms with Crippen molar-refractivity contribution in [3.63, 3.8) is 0 Å². The number of sulfone groups is 1. The summed E-state index contributed by atoms with van der Waals surface area (Å²) in [5.74, 6) is 1.27. The van der Waals surface area contributed by atoms with Crippen molar-refractivity contribution in [1.82, 2.24) is 0 Å². The van der Waals surface area contributed by atoms with Gasteiger partial charge in [-0.1, -0.05) is 69.2 Å². The molecule has 3 atom stereocenters. The monoisotopic (exact) mass is 584 g/mol. The summed E-state index contributed by atoms with van der Waals surface area (Å²) in [4.78, 5) is 0.395. The fourth-order valence-corrected chi connectivity index (χ4v) is 9.06. The van der Waals surface area contributed by atoms with Crippen molar-refractivity contribution < 1.29 is 17.9 Å². The minimum atomic E-state index is -3.71. The molecule has 0 fully saturated rings. The van der Waals surface area contributed by atoms with Gasteiger partial charge in [-0.2, -0.15) is 0 Å². The van der Waals surface area contributed by atoms with Gasteiger partial charge in [0.15, 0.2) is 9.84 Å². The van der Waals surface area contributed by atoms with Crippen molar-refractivity contribution >= 4 is 25.8 Å². The van der Waals surface area contributed by atoms with Gasteiger partial charge in [-0.15, -0.1) is 0 Å². The smallest absolute Gasteiger partial charge is 0.182 e. The SMILES string of the molecule is CCCCC1(CC)CC(c2ccccc2)c2cc(Br)c(OC)cc2S(=O)(=O)C1Cc1ccc(OC)cc1. The van der Waals surface area contributed by atoms with Crippen molar-refractivity contribution in [3.05, 3.63) is 87.9 Å². The first kappa shape index (κ1) is 27.7. The first-order valence-corrected chi connectivity index (χ1v) is 15.4. The number of hydrogen-bond acceptors (Lipinski definition) is 4. The van der Waals surface area contributed by atoms with Gasteiger partial charge in [0.25, 0.3) is 0 Å². The summed E-state index contributed by atoms with van der Waals surface area (Å²) in [7, 11) is -0.483. The zero-order chi connectivity index (χ0) is 26.6. The predicted octanol–water partition coefficient (Wildman–Crippen LogP) is 7.97. The van der Waals surface area contributed by atoms with E-state index in [1.165, 1.54) is 0 Å². The maximum absolute atomic E-state index is 14.8. The van der Waals surface area contributed by atoms with Crippen LogP contribution >= 0.6 is 15.9 Å². The van der Waals surface area contributed by atoms with Crippen LogP contribution in [0.15, 0.2) is 76.1 Å². The minimum Gasteiger partial charge on any atom is -0.497 e. The molecule has 0 saturated carbocycles. The molecular weight excluding hydrogens is 548 g/mol. The first-order chi connectivity index (χ1) is 17.8. The Morgan fingerprint density at radius 3 is 2.27 bits per heavy atom. The molecule has 0 radical (unpaired) electrons. The van der Waals surface area contributed by atoms with E-state index in [1.54, 1.807) is 20.3 Å². The van der Waals surface area contributed by atoms with Crippen LogP contribution in [0.25, 0.3) is 0 Å². The van der Waals surface area contributed by atoms with E-state index >= 15 is 0 Å². The molecule has 0 spiro atoms. The Morgan fingerprint density at radius 2 is 1.68 bits per heavy atom. The molecule has 0 amide bonds. The van der Waals surface area contributed by atoms with E-state index in [1.807, 2.05) is 48.5 Å². The Labute approximate surface area is 230 Å². The maximum Gasteiger partial charge on any atom is 0.182 e. The number of ether oxygens (including phenoxy) is 2. The molecule has 1 aliphatic heterocycles. The highest BCUT2D eigenvalue weighted by Crippen LogP contribution is 2.54. The van der Waals surface area contributed by atoms with Crippen LogP contribution in [0.4, 0.5) is 0 Å². The molecule has 37 heavy (non-hydrogen) atoms. The molecule has 0 N–H and O–H groups in total. The minimum absolute atomic E-state index is 0.0362. The van der Waals surface area contributed by atoms with E-state index in [4.69, 9.17) is 9.47 Å². The van der Waals surface area contributed by atoms with Crippen molar-refractivity contribution in [2.75, 3.05) is 14.2 Å². The number of fused-ring (bicyclic) bond motifs is 1. The summed E-state index contributed by atoms with van der Waals surface area (Å²) in [6.07, 6.45) is 4.92. The average Bonchev–Trinajstić information content (AvgIpc) is 2.99. The van der Waals surface area contributed by atoms with Crippen LogP contribution in [-0.4, -0.2) is 27.9 Å². The molecule has 0 bridgehead atoms. The van der Waals surface area contributed by atoms with Gasteiger partial charge < -0.3 is 9.47 Å². The van der Waals surface area contributed by atoms with Gasteiger partial charge in [0.2, 0.25) is 0 Å². The van der Waals surface area contributed by atoms with Crippen LogP contribution in [0.5, 0.6) is 11.5 Å². The number of halogens is 1. The number of unbranched alkanes of at least 4 members (excludes halogenated alkanes) is 1. The third-order valence-corrected chi connectivity index (χ3v) is 11.2. The highest BCUT2D eigenvalue weighted by atomic mass is 79.9. The van der Waals surface area contributed by atoms with Gasteiger partial charge in [-0.25, -0.2) is 8.42 Å². The fourth-order valence-electron chi connectivity index (χ4n) is 5.98. The average molecular weight is 586 g/mol. The number of methoxy groups -OCH3 is 2. The molecule has 3 aromatic rings. The molecule has 6 heteroatoms. The Balaban J connectivity index is 1.97. The second-order valence-electron chi connectivity index (χ2n) is 10.1. The number of rotatable bonds is 9. The summed E-state index contributed by atoms with van der Waals surface area (Å²) in [6, 6.07) is 21.9. The molecule has 0 aliphatic carbocycles. The highest BCUT2D eigenvalue weighted by molar-refractivity contribution is 9.10. The zero-order valence-corrected chi connectivity index (χ0v) is 24.6. The lowest BCUT2D eigenvalue weighted by atomic mass is 9.67. The number of hydrogen-bond donors (Lipinski definition) is 0. The van der Waals surface area contributed by atoms with Crippen molar-refractivity contribution in [2.24, 2.45) is 5.41 Å². The van der Waals surface area contributed by atoms with E-state index in [9.17, 15) is 8.42 Å². The van der Waals surface area contributed by atoms with Gasteiger partial charge in [-0.3, -0.25) is 0 Å². The largest absolute Gasteiger partial charge is 0.497 e. The topological polar surface area (TPSA) is 52.6 Å². The van der Waals surface area contributed by atoms with Gasteiger partial charge in [0.05, 0.1) is 28.8 Å². The normalized spacial score (nSPS) is 22.6. The zero-order valence-electron chi connectivity index (χ0n) is 22.2. The van der Waals surface area contributed by atoms with Crippen molar-refractivity contribution in [2.45, 2.75) is 68.4 Å². The molecule has 1 aliphatic rings. The molecule has 0 saturated heterocycles. The van der Waals surface area contributed by atoms with Gasteiger partial charge in [-0.05, 0) is 81.9 Å². The van der Waals surface area contributed by atoms with Crippen LogP contribution in [0.1, 0.15) is 68.6 Å². The van der Waals surface area contributed by atoms with E-state index in [2.05, 4.69) is 41.9 Å². The summed E-state index contributed by atoms with van der Waals surface area (Å²) in [5.41, 5.74) is 2.63. The second kappa shape index (κ2) is 11.6. The van der Waals surface area contributed by atoms with E-state index in [0.717, 1.165) is 59.0 Å². The summed E-state index contributed by atoms with van der Waals surface area (Å²) in [6.45, 7) is 4.35. The molecule has 1 heterocycles. The van der Waals surface area contributed by atoms with Gasteiger partial charge in [0.1, 0.15) is 11.5 Å². The standard InChI is InChI=1S/C31H37BrO4S/c1-5-7-17-31(6-2)21-26(23-11-9-8-10-12-23)25-19-27(32)28(36-4)20-29(25)37(33,34)30(31)18-22-13-15-24(35-3)16-14-22/h8-16,19-20,26,30H,5-7,17-18,21H2,1-4H3. The molecule has 4 nitrogen and oxygen atoms in total.